The van der Waals surface area contributed by atoms with Gasteiger partial charge < -0.3 is 29.9 Å². The van der Waals surface area contributed by atoms with Crippen LogP contribution in [0.25, 0.3) is 0 Å². The molecule has 2 heterocycles. The Morgan fingerprint density at radius 3 is 2.68 bits per heavy atom. The van der Waals surface area contributed by atoms with Crippen LogP contribution in [0.4, 0.5) is 4.39 Å². The van der Waals surface area contributed by atoms with Crippen LogP contribution >= 0.6 is 0 Å². The van der Waals surface area contributed by atoms with E-state index in [2.05, 4.69) is 0 Å². The fourth-order valence-corrected chi connectivity index (χ4v) is 1.59. The lowest BCUT2D eigenvalue weighted by Gasteiger charge is -2.16. The second-order valence-corrected chi connectivity index (χ2v) is 3.85. The van der Waals surface area contributed by atoms with Crippen molar-refractivity contribution in [2.24, 2.45) is 0 Å². The highest BCUT2D eigenvalue weighted by Gasteiger charge is 2.44. The van der Waals surface area contributed by atoms with Crippen LogP contribution in [0.5, 0.6) is 0 Å². The number of hydrogen-bond donors (Lipinski definition) is 4. The average molecular weight is 278 g/mol. The van der Waals surface area contributed by atoms with E-state index in [0.29, 0.717) is 6.20 Å². The molecule has 1 unspecified atom stereocenters. The van der Waals surface area contributed by atoms with Crippen molar-refractivity contribution >= 4 is 0 Å². The van der Waals surface area contributed by atoms with E-state index in [1.165, 1.54) is 0 Å². The number of rotatable bonds is 3. The number of nitrogens with zero attached hydrogens (tertiary/aromatic N) is 1. The summed E-state index contributed by atoms with van der Waals surface area (Å²) >= 11 is 0. The summed E-state index contributed by atoms with van der Waals surface area (Å²) in [5.41, 5.74) is -2.45. The minimum Gasteiger partial charge on any atom is -0.394 e. The van der Waals surface area contributed by atoms with Crippen LogP contribution in [-0.4, -0.2) is 56.2 Å². The molecule has 1 aromatic heterocycles. The van der Waals surface area contributed by atoms with Crippen LogP contribution in [0, 0.1) is 5.82 Å². The molecule has 0 saturated carbocycles. The molecule has 10 heteroatoms. The summed E-state index contributed by atoms with van der Waals surface area (Å²) in [6, 6.07) is 0. The van der Waals surface area contributed by atoms with Crippen LogP contribution in [0.3, 0.4) is 0 Å². The number of hydrogen-bond acceptors (Lipinski definition) is 7. The van der Waals surface area contributed by atoms with E-state index < -0.39 is 48.3 Å². The van der Waals surface area contributed by atoms with Gasteiger partial charge >= 0.3 is 11.2 Å². The lowest BCUT2D eigenvalue weighted by molar-refractivity contribution is -0.176. The van der Waals surface area contributed by atoms with E-state index in [0.717, 1.165) is 0 Å². The molecule has 0 bridgehead atoms. The van der Waals surface area contributed by atoms with Crippen molar-refractivity contribution in [3.8, 4) is 0 Å². The van der Waals surface area contributed by atoms with Crippen molar-refractivity contribution in [1.29, 1.82) is 0 Å². The average Bonchev–Trinajstić information content (AvgIpc) is 2.66. The Hall–Kier alpha value is -1.75. The van der Waals surface area contributed by atoms with Gasteiger partial charge in [0, 0.05) is 6.20 Å². The molecule has 4 N–H and O–H groups in total. The third kappa shape index (κ3) is 2.38. The monoisotopic (exact) mass is 278 g/mol. The molecule has 0 amide bonds. The summed E-state index contributed by atoms with van der Waals surface area (Å²) in [4.78, 5) is 29.2. The molecular weight excluding hydrogens is 267 g/mol. The predicted octanol–water partition coefficient (Wildman–Crippen LogP) is -3.46. The minimum absolute atomic E-state index is 0.0235. The van der Waals surface area contributed by atoms with Gasteiger partial charge in [0.25, 0.3) is 6.29 Å². The maximum atomic E-state index is 13.0. The zero-order valence-electron chi connectivity index (χ0n) is 9.39. The summed E-state index contributed by atoms with van der Waals surface area (Å²) in [7, 11) is 0. The molecular formula is C9H11FN2O7. The Morgan fingerprint density at radius 1 is 1.42 bits per heavy atom. The van der Waals surface area contributed by atoms with Crippen LogP contribution in [0.2, 0.25) is 0 Å². The van der Waals surface area contributed by atoms with Gasteiger partial charge in [-0.05, 0) is 0 Å². The van der Waals surface area contributed by atoms with Crippen molar-refractivity contribution in [1.82, 2.24) is 9.71 Å². The predicted molar refractivity (Wildman–Crippen MR) is 55.6 cm³/mol. The molecule has 9 nitrogen and oxygen atoms in total. The molecule has 0 spiro atoms. The van der Waals surface area contributed by atoms with Crippen molar-refractivity contribution in [2.45, 2.75) is 24.6 Å². The molecule has 19 heavy (non-hydrogen) atoms. The van der Waals surface area contributed by atoms with Gasteiger partial charge in [0.1, 0.15) is 18.3 Å². The fraction of sp³-hybridized carbons (Fsp3) is 0.556. The standard InChI is InChI=1S/C9H11FN2O7/c10-3-1-11-9(17)12(7(3)16)19-8-6(15)5(14)4(2-13)18-8/h1,4-6,8,13-15H,2H2,(H,11,17)/t4-,5-,6-,8?/m1/s1. The zero-order chi connectivity index (χ0) is 14.2. The molecule has 4 atom stereocenters. The summed E-state index contributed by atoms with van der Waals surface area (Å²) < 4.78 is 17.9. The summed E-state index contributed by atoms with van der Waals surface area (Å²) in [5.74, 6) is -1.27. The van der Waals surface area contributed by atoms with Crippen LogP contribution in [0.15, 0.2) is 15.8 Å². The van der Waals surface area contributed by atoms with Gasteiger partial charge in [-0.2, -0.15) is 4.39 Å². The Morgan fingerprint density at radius 2 is 2.11 bits per heavy atom. The molecule has 2 rings (SSSR count). The first kappa shape index (κ1) is 13.7. The van der Waals surface area contributed by atoms with E-state index in [9.17, 15) is 24.2 Å². The van der Waals surface area contributed by atoms with Gasteiger partial charge in [0.2, 0.25) is 5.82 Å². The third-order valence-corrected chi connectivity index (χ3v) is 2.60. The number of aromatic nitrogens is 2. The first-order valence-corrected chi connectivity index (χ1v) is 5.25. The van der Waals surface area contributed by atoms with Gasteiger partial charge in [-0.15, -0.1) is 0 Å². The highest BCUT2D eigenvalue weighted by molar-refractivity contribution is 4.88. The minimum atomic E-state index is -1.60. The number of aromatic amines is 1. The maximum absolute atomic E-state index is 13.0. The molecule has 1 aliphatic rings. The maximum Gasteiger partial charge on any atom is 0.362 e. The molecule has 0 aromatic carbocycles. The lowest BCUT2D eigenvalue weighted by atomic mass is 10.1. The fourth-order valence-electron chi connectivity index (χ4n) is 1.59. The first-order chi connectivity index (χ1) is 8.95. The summed E-state index contributed by atoms with van der Waals surface area (Å²) in [6.45, 7) is -0.605. The normalized spacial score (nSPS) is 30.5. The smallest absolute Gasteiger partial charge is 0.362 e. The van der Waals surface area contributed by atoms with E-state index in [1.807, 2.05) is 4.98 Å². The second kappa shape index (κ2) is 5.09. The zero-order valence-corrected chi connectivity index (χ0v) is 9.39. The molecule has 1 aromatic rings. The number of aliphatic hydroxyl groups is 3. The number of nitrogens with one attached hydrogen (secondary N) is 1. The number of aliphatic hydroxyl groups excluding tert-OH is 3. The quantitative estimate of drug-likeness (QED) is 0.451. The second-order valence-electron chi connectivity index (χ2n) is 3.85. The molecule has 106 valence electrons. The summed E-state index contributed by atoms with van der Waals surface area (Å²) in [6.07, 6.45) is -5.23. The van der Waals surface area contributed by atoms with Crippen molar-refractivity contribution in [3.05, 3.63) is 32.9 Å². The van der Waals surface area contributed by atoms with Crippen LogP contribution in [0.1, 0.15) is 0 Å². The number of ether oxygens (including phenoxy) is 1. The Kier molecular flexibility index (Phi) is 3.66. The molecule has 1 aliphatic heterocycles. The first-order valence-electron chi connectivity index (χ1n) is 5.25. The van der Waals surface area contributed by atoms with Crippen LogP contribution in [-0.2, 0) is 4.74 Å². The van der Waals surface area contributed by atoms with E-state index in [1.54, 1.807) is 0 Å². The Labute approximate surface area is 104 Å². The highest BCUT2D eigenvalue weighted by atomic mass is 19.1. The Balaban J connectivity index is 2.26. The van der Waals surface area contributed by atoms with Crippen molar-refractivity contribution in [3.63, 3.8) is 0 Å². The van der Waals surface area contributed by atoms with Gasteiger partial charge in [0.15, 0.2) is 0 Å². The topological polar surface area (TPSA) is 134 Å². The SMILES string of the molecule is O=c1[nH]cc(F)c(=O)n1OC1O[C@H](CO)[C@@H](O)[C@H]1O. The largest absolute Gasteiger partial charge is 0.394 e. The van der Waals surface area contributed by atoms with Gasteiger partial charge in [-0.25, -0.2) is 4.79 Å². The van der Waals surface area contributed by atoms with E-state index in [-0.39, 0.29) is 4.73 Å². The van der Waals surface area contributed by atoms with Gasteiger partial charge in [-0.3, -0.25) is 4.79 Å². The molecule has 0 radical (unpaired) electrons. The van der Waals surface area contributed by atoms with E-state index >= 15 is 0 Å². The Bertz CT molecular complexity index is 570. The molecule has 1 saturated heterocycles. The van der Waals surface area contributed by atoms with Crippen LogP contribution < -0.4 is 16.1 Å². The van der Waals surface area contributed by atoms with Crippen molar-refractivity contribution in [2.75, 3.05) is 6.61 Å². The number of H-pyrrole nitrogens is 1. The molecule has 0 aliphatic carbocycles. The van der Waals surface area contributed by atoms with Gasteiger partial charge in [0.05, 0.1) is 6.61 Å². The summed E-state index contributed by atoms with van der Waals surface area (Å²) in [5, 5.41) is 27.8. The van der Waals surface area contributed by atoms with Crippen molar-refractivity contribution < 1.29 is 29.3 Å². The number of halogens is 1. The van der Waals surface area contributed by atoms with E-state index in [4.69, 9.17) is 14.7 Å². The third-order valence-electron chi connectivity index (χ3n) is 2.60. The van der Waals surface area contributed by atoms with Gasteiger partial charge in [-0.1, -0.05) is 4.73 Å². The lowest BCUT2D eigenvalue weighted by Crippen LogP contribution is -2.47. The molecule has 1 fully saturated rings. The highest BCUT2D eigenvalue weighted by Crippen LogP contribution is 2.19.